The van der Waals surface area contributed by atoms with Crippen LogP contribution in [0.1, 0.15) is 34.3 Å². The zero-order valence-corrected chi connectivity index (χ0v) is 19.0. The zero-order chi connectivity index (χ0) is 25.8. The average molecular weight is 500 g/mol. The van der Waals surface area contributed by atoms with Gasteiger partial charge in [0, 0.05) is 36.9 Å². The number of Topliss-reactive ketones (excluding diaryl/α,β-unsaturated/α-hetero) is 1. The van der Waals surface area contributed by atoms with E-state index in [1.165, 1.54) is 24.4 Å². The van der Waals surface area contributed by atoms with Gasteiger partial charge in [0.1, 0.15) is 0 Å². The SMILES string of the molecule is O=C(C[C@@]1(C(=O)NCc2ccc(Nc3ccccc3C(F)(F)F)cc2)CCOC1)c1cn[nH]c(=O)c1. The molecule has 1 aliphatic heterocycles. The van der Waals surface area contributed by atoms with Crippen LogP contribution in [0.3, 0.4) is 0 Å². The van der Waals surface area contributed by atoms with Gasteiger partial charge in [0.25, 0.3) is 5.56 Å². The lowest BCUT2D eigenvalue weighted by Crippen LogP contribution is -2.42. The summed E-state index contributed by atoms with van der Waals surface area (Å²) in [5.74, 6) is -0.740. The summed E-state index contributed by atoms with van der Waals surface area (Å²) in [5.41, 5.74) is -1.11. The van der Waals surface area contributed by atoms with E-state index in [2.05, 4.69) is 20.8 Å². The van der Waals surface area contributed by atoms with Gasteiger partial charge in [0.2, 0.25) is 5.91 Å². The Hall–Kier alpha value is -3.99. The highest BCUT2D eigenvalue weighted by Crippen LogP contribution is 2.36. The van der Waals surface area contributed by atoms with Crippen LogP contribution in [0.5, 0.6) is 0 Å². The van der Waals surface area contributed by atoms with Crippen molar-refractivity contribution in [2.75, 3.05) is 18.5 Å². The topological polar surface area (TPSA) is 113 Å². The number of rotatable bonds is 8. The molecule has 8 nitrogen and oxygen atoms in total. The summed E-state index contributed by atoms with van der Waals surface area (Å²) < 4.78 is 45.1. The van der Waals surface area contributed by atoms with Crippen molar-refractivity contribution in [3.63, 3.8) is 0 Å². The van der Waals surface area contributed by atoms with Crippen LogP contribution in [0.15, 0.2) is 65.6 Å². The Bertz CT molecular complexity index is 1300. The van der Waals surface area contributed by atoms with Crippen molar-refractivity contribution in [3.8, 4) is 0 Å². The Morgan fingerprint density at radius 3 is 2.53 bits per heavy atom. The summed E-state index contributed by atoms with van der Waals surface area (Å²) in [4.78, 5) is 37.2. The molecule has 1 atom stereocenters. The first-order chi connectivity index (χ1) is 17.2. The van der Waals surface area contributed by atoms with Crippen LogP contribution < -0.4 is 16.2 Å². The molecule has 2 heterocycles. The molecule has 1 fully saturated rings. The predicted molar refractivity (Wildman–Crippen MR) is 125 cm³/mol. The third kappa shape index (κ3) is 5.80. The van der Waals surface area contributed by atoms with Gasteiger partial charge in [-0.15, -0.1) is 0 Å². The van der Waals surface area contributed by atoms with Crippen LogP contribution in [0.25, 0.3) is 0 Å². The van der Waals surface area contributed by atoms with Crippen LogP contribution in [-0.4, -0.2) is 35.1 Å². The number of hydrogen-bond acceptors (Lipinski definition) is 6. The van der Waals surface area contributed by atoms with Crippen LogP contribution in [0, 0.1) is 5.41 Å². The van der Waals surface area contributed by atoms with Crippen LogP contribution in [-0.2, 0) is 22.3 Å². The minimum atomic E-state index is -4.48. The van der Waals surface area contributed by atoms with E-state index >= 15 is 0 Å². The maximum absolute atomic E-state index is 13.2. The third-order valence-corrected chi connectivity index (χ3v) is 5.99. The van der Waals surface area contributed by atoms with Crippen molar-refractivity contribution in [2.24, 2.45) is 5.41 Å². The second kappa shape index (κ2) is 10.3. The molecule has 2 aromatic carbocycles. The standard InChI is InChI=1S/C25H23F3N4O4/c26-25(27,28)19-3-1-2-4-20(19)31-18-7-5-16(6-8-18)13-29-23(35)24(9-10-36-15-24)12-21(33)17-11-22(34)32-30-14-17/h1-8,11,14,31H,9-10,12-13,15H2,(H,29,35)(H,32,34)/t24-/m0/s1. The Labute approximate surface area is 203 Å². The summed E-state index contributed by atoms with van der Waals surface area (Å²) >= 11 is 0. The Balaban J connectivity index is 1.39. The monoisotopic (exact) mass is 500 g/mol. The molecule has 0 radical (unpaired) electrons. The second-order valence-corrected chi connectivity index (χ2v) is 8.56. The number of alkyl halides is 3. The number of nitrogens with zero attached hydrogens (tertiary/aromatic N) is 1. The van der Waals surface area contributed by atoms with E-state index in [9.17, 15) is 27.6 Å². The van der Waals surface area contributed by atoms with E-state index in [1.807, 2.05) is 0 Å². The number of benzene rings is 2. The molecular formula is C25H23F3N4O4. The number of anilines is 2. The first kappa shape index (κ1) is 25.1. The molecule has 1 aromatic heterocycles. The molecule has 11 heteroatoms. The lowest BCUT2D eigenvalue weighted by atomic mass is 9.80. The number of nitrogens with one attached hydrogen (secondary N) is 3. The van der Waals surface area contributed by atoms with Crippen molar-refractivity contribution in [1.82, 2.24) is 15.5 Å². The largest absolute Gasteiger partial charge is 0.418 e. The number of ketones is 1. The Kier molecular flexibility index (Phi) is 7.20. The van der Waals surface area contributed by atoms with E-state index in [0.717, 1.165) is 17.7 Å². The molecule has 0 saturated carbocycles. The fraction of sp³-hybridized carbons (Fsp3) is 0.280. The van der Waals surface area contributed by atoms with Gasteiger partial charge >= 0.3 is 6.18 Å². The van der Waals surface area contributed by atoms with E-state index in [4.69, 9.17) is 4.74 Å². The van der Waals surface area contributed by atoms with E-state index in [1.54, 1.807) is 24.3 Å². The molecule has 4 rings (SSSR count). The van der Waals surface area contributed by atoms with E-state index < -0.39 is 22.7 Å². The van der Waals surface area contributed by atoms with Crippen molar-refractivity contribution in [2.45, 2.75) is 25.6 Å². The maximum Gasteiger partial charge on any atom is 0.418 e. The van der Waals surface area contributed by atoms with Crippen LogP contribution in [0.4, 0.5) is 24.5 Å². The third-order valence-electron chi connectivity index (χ3n) is 5.99. The minimum absolute atomic E-state index is 0.0606. The van der Waals surface area contributed by atoms with Gasteiger partial charge in [0.15, 0.2) is 5.78 Å². The quantitative estimate of drug-likeness (QED) is 0.405. The molecule has 188 valence electrons. The number of carbonyl (C=O) groups is 2. The Morgan fingerprint density at radius 2 is 1.86 bits per heavy atom. The van der Waals surface area contributed by atoms with E-state index in [-0.39, 0.29) is 42.5 Å². The van der Waals surface area contributed by atoms with Crippen molar-refractivity contribution >= 4 is 23.1 Å². The minimum Gasteiger partial charge on any atom is -0.380 e. The van der Waals surface area contributed by atoms with Gasteiger partial charge < -0.3 is 15.4 Å². The molecule has 3 N–H and O–H groups in total. The average Bonchev–Trinajstić information content (AvgIpc) is 3.33. The molecule has 36 heavy (non-hydrogen) atoms. The molecule has 0 spiro atoms. The molecule has 3 aromatic rings. The van der Waals surface area contributed by atoms with Gasteiger partial charge in [-0.25, -0.2) is 5.10 Å². The lowest BCUT2D eigenvalue weighted by molar-refractivity contribution is -0.137. The molecule has 0 bridgehead atoms. The van der Waals surface area contributed by atoms with Gasteiger partial charge in [-0.2, -0.15) is 18.3 Å². The van der Waals surface area contributed by atoms with Gasteiger partial charge in [0.05, 0.1) is 29.5 Å². The first-order valence-corrected chi connectivity index (χ1v) is 11.1. The predicted octanol–water partition coefficient (Wildman–Crippen LogP) is 3.83. The summed E-state index contributed by atoms with van der Waals surface area (Å²) in [6, 6.07) is 12.9. The number of para-hydroxylation sites is 1. The zero-order valence-electron chi connectivity index (χ0n) is 19.0. The second-order valence-electron chi connectivity index (χ2n) is 8.56. The number of amides is 1. The molecule has 1 aliphatic rings. The highest BCUT2D eigenvalue weighted by Gasteiger charge is 2.44. The summed E-state index contributed by atoms with van der Waals surface area (Å²) in [7, 11) is 0. The first-order valence-electron chi connectivity index (χ1n) is 11.1. The number of aromatic amines is 1. The molecule has 1 amide bonds. The molecule has 0 unspecified atom stereocenters. The van der Waals surface area contributed by atoms with Gasteiger partial charge in [-0.1, -0.05) is 24.3 Å². The fourth-order valence-corrected chi connectivity index (χ4v) is 4.01. The fourth-order valence-electron chi connectivity index (χ4n) is 4.01. The smallest absolute Gasteiger partial charge is 0.380 e. The number of ether oxygens (including phenoxy) is 1. The van der Waals surface area contributed by atoms with Crippen molar-refractivity contribution in [3.05, 3.63) is 87.8 Å². The van der Waals surface area contributed by atoms with Crippen molar-refractivity contribution < 1.29 is 27.5 Å². The molecular weight excluding hydrogens is 477 g/mol. The van der Waals surface area contributed by atoms with Gasteiger partial charge in [-0.3, -0.25) is 14.4 Å². The maximum atomic E-state index is 13.2. The number of carbonyl (C=O) groups excluding carboxylic acids is 2. The van der Waals surface area contributed by atoms with Gasteiger partial charge in [-0.05, 0) is 36.2 Å². The highest BCUT2D eigenvalue weighted by molar-refractivity contribution is 5.99. The lowest BCUT2D eigenvalue weighted by Gasteiger charge is -2.25. The Morgan fingerprint density at radius 1 is 1.11 bits per heavy atom. The van der Waals surface area contributed by atoms with Crippen LogP contribution in [0.2, 0.25) is 0 Å². The van der Waals surface area contributed by atoms with Crippen LogP contribution >= 0.6 is 0 Å². The summed E-state index contributed by atoms with van der Waals surface area (Å²) in [5, 5.41) is 11.4. The number of hydrogen-bond donors (Lipinski definition) is 3. The normalized spacial score (nSPS) is 17.5. The number of halogens is 3. The number of aromatic nitrogens is 2. The van der Waals surface area contributed by atoms with E-state index in [0.29, 0.717) is 18.7 Å². The molecule has 0 aliphatic carbocycles. The number of H-pyrrole nitrogens is 1. The summed E-state index contributed by atoms with van der Waals surface area (Å²) in [6.45, 7) is 0.553. The summed E-state index contributed by atoms with van der Waals surface area (Å²) in [6.07, 6.45) is -3.02. The highest BCUT2D eigenvalue weighted by atomic mass is 19.4. The molecule has 1 saturated heterocycles. The van der Waals surface area contributed by atoms with Crippen molar-refractivity contribution in [1.29, 1.82) is 0 Å².